The molecule has 0 radical (unpaired) electrons. The maximum atomic E-state index is 2.35. The van der Waals surface area contributed by atoms with Crippen molar-refractivity contribution >= 4 is 11.4 Å². The van der Waals surface area contributed by atoms with Gasteiger partial charge in [0.2, 0.25) is 0 Å². The van der Waals surface area contributed by atoms with Gasteiger partial charge in [-0.25, -0.2) is 0 Å². The Morgan fingerprint density at radius 1 is 0.571 bits per heavy atom. The number of aryl methyl sites for hydroxylation is 5. The lowest BCUT2D eigenvalue weighted by atomic mass is 9.96. The zero-order valence-corrected chi connectivity index (χ0v) is 14.7. The number of rotatable bonds is 2. The van der Waals surface area contributed by atoms with Crippen molar-refractivity contribution in [2.24, 2.45) is 0 Å². The van der Waals surface area contributed by atoms with Crippen molar-refractivity contribution in [3.63, 3.8) is 0 Å². The third kappa shape index (κ3) is 2.70. The standard InChI is InChI=1S/C20H27N/c1-12-9-15(4)19(11-13(12)2)21(8)20-16(5)10-14(3)17(6)18(20)7/h9-11H,1-8H3. The lowest BCUT2D eigenvalue weighted by molar-refractivity contribution is 1.11. The summed E-state index contributed by atoms with van der Waals surface area (Å²) < 4.78 is 0. The predicted octanol–water partition coefficient (Wildman–Crippen LogP) is 5.61. The van der Waals surface area contributed by atoms with Crippen LogP contribution in [0, 0.1) is 48.5 Å². The van der Waals surface area contributed by atoms with Crippen LogP contribution < -0.4 is 4.90 Å². The molecule has 0 aliphatic rings. The van der Waals surface area contributed by atoms with Gasteiger partial charge in [-0.15, -0.1) is 0 Å². The molecule has 0 unspecified atom stereocenters. The molecule has 0 aliphatic heterocycles. The SMILES string of the molecule is Cc1cc(C)c(N(C)c2c(C)cc(C)c(C)c2C)cc1C. The zero-order chi connectivity index (χ0) is 15.9. The van der Waals surface area contributed by atoms with E-state index in [0.717, 1.165) is 0 Å². The van der Waals surface area contributed by atoms with Crippen LogP contribution in [-0.4, -0.2) is 7.05 Å². The van der Waals surface area contributed by atoms with Gasteiger partial charge < -0.3 is 4.90 Å². The Labute approximate surface area is 129 Å². The first kappa shape index (κ1) is 15.6. The fourth-order valence-corrected chi connectivity index (χ4v) is 3.21. The third-order valence-electron chi connectivity index (χ3n) is 4.82. The molecule has 2 aromatic carbocycles. The van der Waals surface area contributed by atoms with Crippen LogP contribution in [0.2, 0.25) is 0 Å². The highest BCUT2D eigenvalue weighted by Gasteiger charge is 2.15. The van der Waals surface area contributed by atoms with Crippen molar-refractivity contribution in [3.8, 4) is 0 Å². The summed E-state index contributed by atoms with van der Waals surface area (Å²) in [5.41, 5.74) is 12.2. The summed E-state index contributed by atoms with van der Waals surface area (Å²) >= 11 is 0. The van der Waals surface area contributed by atoms with Gasteiger partial charge in [-0.1, -0.05) is 12.1 Å². The summed E-state index contributed by atoms with van der Waals surface area (Å²) in [5, 5.41) is 0. The summed E-state index contributed by atoms with van der Waals surface area (Å²) in [6.45, 7) is 15.4. The summed E-state index contributed by atoms with van der Waals surface area (Å²) in [5.74, 6) is 0. The molecule has 0 saturated heterocycles. The van der Waals surface area contributed by atoms with Crippen molar-refractivity contribution in [3.05, 3.63) is 57.1 Å². The van der Waals surface area contributed by atoms with Crippen LogP contribution >= 0.6 is 0 Å². The molecule has 0 amide bonds. The first-order valence-corrected chi connectivity index (χ1v) is 7.63. The van der Waals surface area contributed by atoms with Crippen molar-refractivity contribution in [2.75, 3.05) is 11.9 Å². The van der Waals surface area contributed by atoms with E-state index in [1.807, 2.05) is 0 Å². The highest BCUT2D eigenvalue weighted by atomic mass is 15.1. The van der Waals surface area contributed by atoms with E-state index in [4.69, 9.17) is 0 Å². The minimum atomic E-state index is 1.30. The fraction of sp³-hybridized carbons (Fsp3) is 0.400. The Hall–Kier alpha value is -1.76. The monoisotopic (exact) mass is 281 g/mol. The average Bonchev–Trinajstić information content (AvgIpc) is 2.40. The van der Waals surface area contributed by atoms with Crippen molar-refractivity contribution in [1.82, 2.24) is 0 Å². The maximum Gasteiger partial charge on any atom is 0.0470 e. The molecule has 0 heterocycles. The minimum Gasteiger partial charge on any atom is -0.344 e. The van der Waals surface area contributed by atoms with Gasteiger partial charge in [-0.05, 0) is 93.5 Å². The smallest absolute Gasteiger partial charge is 0.0470 e. The second kappa shape index (κ2) is 5.55. The van der Waals surface area contributed by atoms with Crippen LogP contribution in [0.1, 0.15) is 38.9 Å². The van der Waals surface area contributed by atoms with Gasteiger partial charge in [0, 0.05) is 18.4 Å². The van der Waals surface area contributed by atoms with E-state index in [-0.39, 0.29) is 0 Å². The third-order valence-corrected chi connectivity index (χ3v) is 4.82. The molecule has 0 N–H and O–H groups in total. The Kier molecular flexibility index (Phi) is 4.13. The summed E-state index contributed by atoms with van der Waals surface area (Å²) in [7, 11) is 2.18. The Bertz CT molecular complexity index is 696. The molecule has 0 aromatic heterocycles. The lowest BCUT2D eigenvalue weighted by Crippen LogP contribution is -2.15. The minimum absolute atomic E-state index is 1.30. The van der Waals surface area contributed by atoms with Gasteiger partial charge in [0.25, 0.3) is 0 Å². The largest absolute Gasteiger partial charge is 0.344 e. The summed E-state index contributed by atoms with van der Waals surface area (Å²) in [6.07, 6.45) is 0. The number of benzene rings is 2. The van der Waals surface area contributed by atoms with Crippen LogP contribution in [0.3, 0.4) is 0 Å². The van der Waals surface area contributed by atoms with Crippen molar-refractivity contribution < 1.29 is 0 Å². The molecule has 112 valence electrons. The summed E-state index contributed by atoms with van der Waals surface area (Å²) in [6, 6.07) is 6.89. The molecule has 0 bridgehead atoms. The van der Waals surface area contributed by atoms with Gasteiger partial charge in [-0.2, -0.15) is 0 Å². The van der Waals surface area contributed by atoms with Gasteiger partial charge in [0.05, 0.1) is 0 Å². The fourth-order valence-electron chi connectivity index (χ4n) is 3.21. The Morgan fingerprint density at radius 2 is 1.10 bits per heavy atom. The highest BCUT2D eigenvalue weighted by molar-refractivity contribution is 5.73. The van der Waals surface area contributed by atoms with E-state index < -0.39 is 0 Å². The average molecular weight is 281 g/mol. The topological polar surface area (TPSA) is 3.24 Å². The van der Waals surface area contributed by atoms with E-state index in [9.17, 15) is 0 Å². The maximum absolute atomic E-state index is 2.35. The van der Waals surface area contributed by atoms with Crippen molar-refractivity contribution in [2.45, 2.75) is 48.5 Å². The molecule has 21 heavy (non-hydrogen) atoms. The first-order valence-electron chi connectivity index (χ1n) is 7.63. The molecular formula is C20H27N. The van der Waals surface area contributed by atoms with Gasteiger partial charge in [-0.3, -0.25) is 0 Å². The molecule has 0 fully saturated rings. The normalized spacial score (nSPS) is 10.9. The van der Waals surface area contributed by atoms with Crippen LogP contribution in [0.4, 0.5) is 11.4 Å². The van der Waals surface area contributed by atoms with Crippen LogP contribution in [0.15, 0.2) is 18.2 Å². The highest BCUT2D eigenvalue weighted by Crippen LogP contribution is 2.35. The number of hydrogen-bond acceptors (Lipinski definition) is 1. The molecule has 1 nitrogen and oxygen atoms in total. The molecule has 1 heteroatoms. The molecule has 0 atom stereocenters. The Morgan fingerprint density at radius 3 is 1.71 bits per heavy atom. The van der Waals surface area contributed by atoms with E-state index >= 15 is 0 Å². The second-order valence-corrected chi connectivity index (χ2v) is 6.39. The molecule has 2 rings (SSSR count). The molecule has 0 spiro atoms. The summed E-state index contributed by atoms with van der Waals surface area (Å²) in [4.78, 5) is 2.35. The number of nitrogens with zero attached hydrogens (tertiary/aromatic N) is 1. The van der Waals surface area contributed by atoms with E-state index in [0.29, 0.717) is 0 Å². The molecule has 0 aliphatic carbocycles. The molecular weight excluding hydrogens is 254 g/mol. The zero-order valence-electron chi connectivity index (χ0n) is 14.7. The first-order chi connectivity index (χ1) is 9.73. The molecule has 0 saturated carbocycles. The van der Waals surface area contributed by atoms with E-state index in [1.54, 1.807) is 0 Å². The van der Waals surface area contributed by atoms with Crippen molar-refractivity contribution in [1.29, 1.82) is 0 Å². The van der Waals surface area contributed by atoms with Crippen LogP contribution in [0.25, 0.3) is 0 Å². The van der Waals surface area contributed by atoms with E-state index in [2.05, 4.69) is 78.6 Å². The van der Waals surface area contributed by atoms with Crippen LogP contribution in [0.5, 0.6) is 0 Å². The van der Waals surface area contributed by atoms with Gasteiger partial charge >= 0.3 is 0 Å². The lowest BCUT2D eigenvalue weighted by Gasteiger charge is -2.28. The second-order valence-electron chi connectivity index (χ2n) is 6.39. The van der Waals surface area contributed by atoms with Gasteiger partial charge in [0.1, 0.15) is 0 Å². The van der Waals surface area contributed by atoms with Gasteiger partial charge in [0.15, 0.2) is 0 Å². The van der Waals surface area contributed by atoms with E-state index in [1.165, 1.54) is 50.3 Å². The number of hydrogen-bond donors (Lipinski definition) is 0. The van der Waals surface area contributed by atoms with Crippen LogP contribution in [-0.2, 0) is 0 Å². The number of anilines is 2. The predicted molar refractivity (Wildman–Crippen MR) is 94.1 cm³/mol. The molecule has 2 aromatic rings. The Balaban J connectivity index is 2.63. The quantitative estimate of drug-likeness (QED) is 0.691.